The van der Waals surface area contributed by atoms with Crippen LogP contribution in [-0.4, -0.2) is 10.2 Å². The minimum atomic E-state index is -0.188. The van der Waals surface area contributed by atoms with Crippen LogP contribution >= 0.6 is 0 Å². The van der Waals surface area contributed by atoms with E-state index < -0.39 is 0 Å². The second-order valence-corrected chi connectivity index (χ2v) is 6.40. The molecule has 0 heterocycles. The molecule has 1 atom stereocenters. The van der Waals surface area contributed by atoms with Gasteiger partial charge in [0.15, 0.2) is 0 Å². The van der Waals surface area contributed by atoms with Gasteiger partial charge in [-0.25, -0.2) is 0 Å². The highest BCUT2D eigenvalue weighted by atomic mass is 16.3. The Hall–Kier alpha value is -2.16. The van der Waals surface area contributed by atoms with Crippen molar-refractivity contribution in [2.24, 2.45) is 0 Å². The number of nitrogens with one attached hydrogen (secondary N) is 1. The Bertz CT molecular complexity index is 592. The molecule has 0 aliphatic rings. The largest absolute Gasteiger partial charge is 0.507 e. The number of anilines is 1. The summed E-state index contributed by atoms with van der Waals surface area (Å²) < 4.78 is 0. The predicted molar refractivity (Wildman–Crippen MR) is 87.0 cm³/mol. The van der Waals surface area contributed by atoms with Crippen LogP contribution in [0.4, 0.5) is 5.69 Å². The molecule has 3 N–H and O–H groups in total. The maximum atomic E-state index is 9.89. The van der Waals surface area contributed by atoms with Crippen LogP contribution in [0.2, 0.25) is 0 Å². The zero-order valence-corrected chi connectivity index (χ0v) is 13.0. The lowest BCUT2D eigenvalue weighted by Crippen LogP contribution is -2.11. The van der Waals surface area contributed by atoms with Crippen molar-refractivity contribution in [3.8, 4) is 11.5 Å². The third kappa shape index (κ3) is 3.48. The molecule has 0 spiro atoms. The Morgan fingerprint density at radius 1 is 0.905 bits per heavy atom. The van der Waals surface area contributed by atoms with Gasteiger partial charge in [0, 0.05) is 5.69 Å². The Labute approximate surface area is 126 Å². The first-order valence-electron chi connectivity index (χ1n) is 7.17. The summed E-state index contributed by atoms with van der Waals surface area (Å²) in [6.07, 6.45) is 0. The normalized spacial score (nSPS) is 13.0. The molecular weight excluding hydrogens is 262 g/mol. The summed E-state index contributed by atoms with van der Waals surface area (Å²) in [6, 6.07) is 12.8. The van der Waals surface area contributed by atoms with Gasteiger partial charge in [-0.05, 0) is 42.2 Å². The molecule has 0 radical (unpaired) electrons. The van der Waals surface area contributed by atoms with Gasteiger partial charge in [0.05, 0.1) is 11.6 Å². The van der Waals surface area contributed by atoms with Gasteiger partial charge >= 0.3 is 0 Å². The van der Waals surface area contributed by atoms with E-state index in [1.807, 2.05) is 19.1 Å². The number of phenols is 2. The fraction of sp³-hybridized carbons (Fsp3) is 0.333. The molecule has 0 saturated carbocycles. The topological polar surface area (TPSA) is 52.5 Å². The monoisotopic (exact) mass is 285 g/mol. The number of hydrogen-bond donors (Lipinski definition) is 3. The van der Waals surface area contributed by atoms with Crippen molar-refractivity contribution in [3.05, 3.63) is 53.6 Å². The highest BCUT2D eigenvalue weighted by molar-refractivity contribution is 5.52. The summed E-state index contributed by atoms with van der Waals surface area (Å²) in [5, 5.41) is 23.1. The van der Waals surface area contributed by atoms with Crippen molar-refractivity contribution in [1.82, 2.24) is 0 Å². The van der Waals surface area contributed by atoms with Gasteiger partial charge in [-0.3, -0.25) is 0 Å². The third-order valence-corrected chi connectivity index (χ3v) is 3.63. The van der Waals surface area contributed by atoms with Crippen molar-refractivity contribution >= 4 is 5.69 Å². The Balaban J connectivity index is 2.18. The fourth-order valence-electron chi connectivity index (χ4n) is 2.37. The zero-order chi connectivity index (χ0) is 15.6. The van der Waals surface area contributed by atoms with Crippen molar-refractivity contribution in [3.63, 3.8) is 0 Å². The molecule has 2 aromatic carbocycles. The van der Waals surface area contributed by atoms with Gasteiger partial charge in [0.1, 0.15) is 11.5 Å². The number of aromatic hydroxyl groups is 2. The molecule has 0 aliphatic heterocycles. The van der Waals surface area contributed by atoms with Crippen LogP contribution in [0.15, 0.2) is 42.5 Å². The second-order valence-electron chi connectivity index (χ2n) is 6.40. The zero-order valence-electron chi connectivity index (χ0n) is 13.0. The van der Waals surface area contributed by atoms with Crippen LogP contribution in [0.3, 0.4) is 0 Å². The molecule has 0 saturated heterocycles. The lowest BCUT2D eigenvalue weighted by atomic mass is 9.87. The second kappa shape index (κ2) is 5.68. The molecule has 112 valence electrons. The molecule has 0 amide bonds. The van der Waals surface area contributed by atoms with E-state index in [-0.39, 0.29) is 23.0 Å². The molecule has 21 heavy (non-hydrogen) atoms. The molecular formula is C18H23NO2. The van der Waals surface area contributed by atoms with E-state index in [2.05, 4.69) is 38.2 Å². The first kappa shape index (κ1) is 15.2. The summed E-state index contributed by atoms with van der Waals surface area (Å²) in [4.78, 5) is 0. The number of rotatable bonds is 3. The summed E-state index contributed by atoms with van der Waals surface area (Å²) in [7, 11) is 0. The molecule has 0 fully saturated rings. The standard InChI is InChI=1S/C18H23NO2/c1-12(17-15(20)6-5-7-16(17)21)19-14-10-8-13(9-11-14)18(2,3)4/h5-12,19-21H,1-4H3. The van der Waals surface area contributed by atoms with Crippen LogP contribution in [0.5, 0.6) is 11.5 Å². The van der Waals surface area contributed by atoms with Crippen molar-refractivity contribution in [2.45, 2.75) is 39.2 Å². The molecule has 0 bridgehead atoms. The summed E-state index contributed by atoms with van der Waals surface area (Å²) >= 11 is 0. The van der Waals surface area contributed by atoms with E-state index in [0.717, 1.165) is 5.69 Å². The van der Waals surface area contributed by atoms with E-state index in [1.165, 1.54) is 5.56 Å². The highest BCUT2D eigenvalue weighted by Crippen LogP contribution is 2.34. The minimum absolute atomic E-state index is 0.0984. The van der Waals surface area contributed by atoms with E-state index >= 15 is 0 Å². The van der Waals surface area contributed by atoms with Crippen molar-refractivity contribution < 1.29 is 10.2 Å². The average molecular weight is 285 g/mol. The first-order valence-corrected chi connectivity index (χ1v) is 7.17. The van der Waals surface area contributed by atoms with Crippen molar-refractivity contribution in [1.29, 1.82) is 0 Å². The Kier molecular flexibility index (Phi) is 4.12. The SMILES string of the molecule is CC(Nc1ccc(C(C)(C)C)cc1)c1c(O)cccc1O. The van der Waals surface area contributed by atoms with E-state index in [9.17, 15) is 10.2 Å². The number of hydrogen-bond acceptors (Lipinski definition) is 3. The minimum Gasteiger partial charge on any atom is -0.507 e. The molecule has 0 aromatic heterocycles. The first-order chi connectivity index (χ1) is 9.79. The molecule has 1 unspecified atom stereocenters. The molecule has 3 nitrogen and oxygen atoms in total. The van der Waals surface area contributed by atoms with Gasteiger partial charge < -0.3 is 15.5 Å². The maximum absolute atomic E-state index is 9.89. The summed E-state index contributed by atoms with van der Waals surface area (Å²) in [6.45, 7) is 8.45. The van der Waals surface area contributed by atoms with Crippen LogP contribution in [0.25, 0.3) is 0 Å². The lowest BCUT2D eigenvalue weighted by Gasteiger charge is -2.21. The summed E-state index contributed by atoms with van der Waals surface area (Å²) in [5.74, 6) is 0.197. The van der Waals surface area contributed by atoms with E-state index in [4.69, 9.17) is 0 Å². The lowest BCUT2D eigenvalue weighted by molar-refractivity contribution is 0.434. The quantitative estimate of drug-likeness (QED) is 0.774. The van der Waals surface area contributed by atoms with Gasteiger partial charge in [-0.1, -0.05) is 39.0 Å². The Morgan fingerprint density at radius 3 is 1.90 bits per heavy atom. The molecule has 2 rings (SSSR count). The smallest absolute Gasteiger partial charge is 0.124 e. The molecule has 0 aliphatic carbocycles. The van der Waals surface area contributed by atoms with E-state index in [1.54, 1.807) is 18.2 Å². The third-order valence-electron chi connectivity index (χ3n) is 3.63. The van der Waals surface area contributed by atoms with Gasteiger partial charge in [-0.2, -0.15) is 0 Å². The predicted octanol–water partition coefficient (Wildman–Crippen LogP) is 4.57. The van der Waals surface area contributed by atoms with Crippen LogP contribution in [0.1, 0.15) is 44.9 Å². The van der Waals surface area contributed by atoms with Gasteiger partial charge in [-0.15, -0.1) is 0 Å². The Morgan fingerprint density at radius 2 is 1.43 bits per heavy atom. The van der Waals surface area contributed by atoms with Gasteiger partial charge in [0.2, 0.25) is 0 Å². The van der Waals surface area contributed by atoms with E-state index in [0.29, 0.717) is 5.56 Å². The fourth-order valence-corrected chi connectivity index (χ4v) is 2.37. The average Bonchev–Trinajstić information content (AvgIpc) is 2.38. The maximum Gasteiger partial charge on any atom is 0.124 e. The molecule has 2 aromatic rings. The molecule has 3 heteroatoms. The highest BCUT2D eigenvalue weighted by Gasteiger charge is 2.16. The van der Waals surface area contributed by atoms with Crippen LogP contribution in [0, 0.1) is 0 Å². The van der Waals surface area contributed by atoms with Crippen molar-refractivity contribution in [2.75, 3.05) is 5.32 Å². The number of benzene rings is 2. The summed E-state index contributed by atoms with van der Waals surface area (Å²) in [5.41, 5.74) is 2.86. The van der Waals surface area contributed by atoms with Crippen LogP contribution < -0.4 is 5.32 Å². The number of phenolic OH excluding ortho intramolecular Hbond substituents is 2. The van der Waals surface area contributed by atoms with Gasteiger partial charge in [0.25, 0.3) is 0 Å². The van der Waals surface area contributed by atoms with Crippen LogP contribution in [-0.2, 0) is 5.41 Å².